The summed E-state index contributed by atoms with van der Waals surface area (Å²) in [4.78, 5) is 1.33. The Morgan fingerprint density at radius 2 is 1.75 bits per heavy atom. The number of hydrogen-bond donors (Lipinski definition) is 1. The van der Waals surface area contributed by atoms with Crippen molar-refractivity contribution in [2.45, 2.75) is 31.1 Å². The van der Waals surface area contributed by atoms with E-state index in [1.54, 1.807) is 23.5 Å². The van der Waals surface area contributed by atoms with E-state index in [1.165, 1.54) is 12.1 Å². The summed E-state index contributed by atoms with van der Waals surface area (Å²) < 4.78 is 27.0. The molecule has 1 heterocycles. The van der Waals surface area contributed by atoms with Crippen LogP contribution in [0, 0.1) is 0 Å². The van der Waals surface area contributed by atoms with Crippen molar-refractivity contribution in [3.8, 4) is 0 Å². The molecular formula is C14H16ClNO2S2. The van der Waals surface area contributed by atoms with Crippen LogP contribution in [-0.4, -0.2) is 8.42 Å². The van der Waals surface area contributed by atoms with Gasteiger partial charge in [-0.3, -0.25) is 4.72 Å². The second-order valence-electron chi connectivity index (χ2n) is 5.51. The van der Waals surface area contributed by atoms with Crippen molar-refractivity contribution in [3.05, 3.63) is 45.6 Å². The van der Waals surface area contributed by atoms with Gasteiger partial charge in [0.15, 0.2) is 0 Å². The highest BCUT2D eigenvalue weighted by Crippen LogP contribution is 2.31. The third-order valence-corrected chi connectivity index (χ3v) is 5.72. The molecule has 108 valence electrons. The van der Waals surface area contributed by atoms with E-state index in [0.29, 0.717) is 10.7 Å². The standard InChI is InChI=1S/C14H16ClNO2S2/c1-14(2,3)13-8-11(9-19-13)16-20(17,18)12-6-4-10(15)5-7-12/h4-9,16H,1-3H3. The number of anilines is 1. The van der Waals surface area contributed by atoms with Gasteiger partial charge in [-0.05, 0) is 35.7 Å². The Morgan fingerprint density at radius 3 is 2.25 bits per heavy atom. The number of nitrogens with one attached hydrogen (secondary N) is 1. The van der Waals surface area contributed by atoms with Crippen LogP contribution in [0.25, 0.3) is 0 Å². The van der Waals surface area contributed by atoms with E-state index in [4.69, 9.17) is 11.6 Å². The maximum atomic E-state index is 12.2. The molecule has 2 aromatic rings. The number of benzene rings is 1. The van der Waals surface area contributed by atoms with Crippen LogP contribution < -0.4 is 4.72 Å². The molecule has 0 saturated heterocycles. The van der Waals surface area contributed by atoms with Crippen LogP contribution in [0.4, 0.5) is 5.69 Å². The summed E-state index contributed by atoms with van der Waals surface area (Å²) in [6, 6.07) is 7.97. The van der Waals surface area contributed by atoms with E-state index in [0.717, 1.165) is 4.88 Å². The van der Waals surface area contributed by atoms with Gasteiger partial charge in [0, 0.05) is 15.3 Å². The van der Waals surface area contributed by atoms with Gasteiger partial charge in [-0.1, -0.05) is 32.4 Å². The van der Waals surface area contributed by atoms with Crippen LogP contribution in [0.2, 0.25) is 5.02 Å². The van der Waals surface area contributed by atoms with Crippen molar-refractivity contribution in [2.24, 2.45) is 0 Å². The van der Waals surface area contributed by atoms with Gasteiger partial charge in [0.25, 0.3) is 10.0 Å². The van der Waals surface area contributed by atoms with Crippen LogP contribution in [-0.2, 0) is 15.4 Å². The third kappa shape index (κ3) is 3.53. The highest BCUT2D eigenvalue weighted by atomic mass is 35.5. The first-order valence-corrected chi connectivity index (χ1v) is 8.80. The SMILES string of the molecule is CC(C)(C)c1cc(NS(=O)(=O)c2ccc(Cl)cc2)cs1. The van der Waals surface area contributed by atoms with Crippen molar-refractivity contribution >= 4 is 38.6 Å². The van der Waals surface area contributed by atoms with E-state index in [2.05, 4.69) is 25.5 Å². The fraction of sp³-hybridized carbons (Fsp3) is 0.286. The van der Waals surface area contributed by atoms with Crippen LogP contribution >= 0.6 is 22.9 Å². The van der Waals surface area contributed by atoms with Gasteiger partial charge < -0.3 is 0 Å². The largest absolute Gasteiger partial charge is 0.279 e. The quantitative estimate of drug-likeness (QED) is 0.901. The summed E-state index contributed by atoms with van der Waals surface area (Å²) in [6.45, 7) is 6.28. The normalized spacial score (nSPS) is 12.4. The summed E-state index contributed by atoms with van der Waals surface area (Å²) >= 11 is 7.31. The summed E-state index contributed by atoms with van der Waals surface area (Å²) in [5, 5.41) is 2.32. The second kappa shape index (κ2) is 5.39. The maximum Gasteiger partial charge on any atom is 0.261 e. The van der Waals surface area contributed by atoms with Gasteiger partial charge >= 0.3 is 0 Å². The number of sulfonamides is 1. The summed E-state index contributed by atoms with van der Waals surface area (Å²) in [6.07, 6.45) is 0. The number of thiophene rings is 1. The molecule has 0 unspecified atom stereocenters. The first-order valence-electron chi connectivity index (χ1n) is 6.06. The Balaban J connectivity index is 2.25. The molecule has 1 aromatic heterocycles. The molecule has 1 aromatic carbocycles. The van der Waals surface area contributed by atoms with E-state index in [1.807, 2.05) is 11.4 Å². The van der Waals surface area contributed by atoms with Crippen LogP contribution in [0.5, 0.6) is 0 Å². The van der Waals surface area contributed by atoms with Gasteiger partial charge in [-0.2, -0.15) is 0 Å². The zero-order valence-electron chi connectivity index (χ0n) is 11.5. The van der Waals surface area contributed by atoms with Crippen molar-refractivity contribution in [1.29, 1.82) is 0 Å². The van der Waals surface area contributed by atoms with Crippen molar-refractivity contribution < 1.29 is 8.42 Å². The predicted octanol–water partition coefficient (Wildman–Crippen LogP) is 4.50. The molecule has 0 fully saturated rings. The highest BCUT2D eigenvalue weighted by Gasteiger charge is 2.19. The zero-order chi connectivity index (χ0) is 15.0. The fourth-order valence-corrected chi connectivity index (χ4v) is 3.78. The highest BCUT2D eigenvalue weighted by molar-refractivity contribution is 7.92. The molecular weight excluding hydrogens is 314 g/mol. The molecule has 0 amide bonds. The van der Waals surface area contributed by atoms with Gasteiger partial charge in [-0.15, -0.1) is 11.3 Å². The second-order valence-corrected chi connectivity index (χ2v) is 8.54. The molecule has 0 aliphatic rings. The molecule has 0 atom stereocenters. The molecule has 1 N–H and O–H groups in total. The minimum atomic E-state index is -3.56. The van der Waals surface area contributed by atoms with E-state index in [9.17, 15) is 8.42 Å². The van der Waals surface area contributed by atoms with Gasteiger partial charge in [0.05, 0.1) is 10.6 Å². The molecule has 2 rings (SSSR count). The van der Waals surface area contributed by atoms with E-state index in [-0.39, 0.29) is 10.3 Å². The lowest BCUT2D eigenvalue weighted by molar-refractivity contribution is 0.600. The molecule has 0 radical (unpaired) electrons. The Kier molecular flexibility index (Phi) is 4.14. The summed E-state index contributed by atoms with van der Waals surface area (Å²) in [5.74, 6) is 0. The molecule has 0 saturated carbocycles. The average Bonchev–Trinajstić information content (AvgIpc) is 2.77. The summed E-state index contributed by atoms with van der Waals surface area (Å²) in [5.41, 5.74) is 0.601. The van der Waals surface area contributed by atoms with E-state index >= 15 is 0 Å². The van der Waals surface area contributed by atoms with Crippen molar-refractivity contribution in [1.82, 2.24) is 0 Å². The van der Waals surface area contributed by atoms with Crippen LogP contribution in [0.15, 0.2) is 40.6 Å². The van der Waals surface area contributed by atoms with Gasteiger partial charge in [-0.25, -0.2) is 8.42 Å². The monoisotopic (exact) mass is 329 g/mol. The lowest BCUT2D eigenvalue weighted by atomic mass is 9.95. The average molecular weight is 330 g/mol. The van der Waals surface area contributed by atoms with Gasteiger partial charge in [0.2, 0.25) is 0 Å². The van der Waals surface area contributed by atoms with Crippen LogP contribution in [0.3, 0.4) is 0 Å². The van der Waals surface area contributed by atoms with E-state index < -0.39 is 10.0 Å². The first-order chi connectivity index (χ1) is 9.18. The molecule has 20 heavy (non-hydrogen) atoms. The maximum absolute atomic E-state index is 12.2. The Labute approximate surface area is 128 Å². The lowest BCUT2D eigenvalue weighted by Crippen LogP contribution is -2.12. The molecule has 3 nitrogen and oxygen atoms in total. The lowest BCUT2D eigenvalue weighted by Gasteiger charge is -2.15. The van der Waals surface area contributed by atoms with Crippen molar-refractivity contribution in [3.63, 3.8) is 0 Å². The molecule has 0 aliphatic heterocycles. The number of hydrogen-bond acceptors (Lipinski definition) is 3. The Bertz CT molecular complexity index is 698. The summed E-state index contributed by atoms with van der Waals surface area (Å²) in [7, 11) is -3.56. The third-order valence-electron chi connectivity index (χ3n) is 2.71. The number of halogens is 1. The minimum absolute atomic E-state index is 0.00856. The first kappa shape index (κ1) is 15.4. The Morgan fingerprint density at radius 1 is 1.15 bits per heavy atom. The topological polar surface area (TPSA) is 46.2 Å². The molecule has 6 heteroatoms. The fourth-order valence-electron chi connectivity index (χ4n) is 1.61. The molecule has 0 spiro atoms. The van der Waals surface area contributed by atoms with Crippen molar-refractivity contribution in [2.75, 3.05) is 4.72 Å². The smallest absolute Gasteiger partial charge is 0.261 e. The Hall–Kier alpha value is -1.04. The predicted molar refractivity (Wildman–Crippen MR) is 85.3 cm³/mol. The molecule has 0 aliphatic carbocycles. The number of rotatable bonds is 3. The zero-order valence-corrected chi connectivity index (χ0v) is 13.9. The minimum Gasteiger partial charge on any atom is -0.279 e. The molecule has 0 bridgehead atoms. The van der Waals surface area contributed by atoms with Gasteiger partial charge in [0.1, 0.15) is 0 Å². The van der Waals surface area contributed by atoms with Crippen LogP contribution in [0.1, 0.15) is 25.6 Å².